The van der Waals surface area contributed by atoms with Gasteiger partial charge in [-0.05, 0) is 56.2 Å². The molecule has 0 saturated carbocycles. The van der Waals surface area contributed by atoms with Gasteiger partial charge in [-0.2, -0.15) is 5.10 Å². The van der Waals surface area contributed by atoms with Crippen LogP contribution in [-0.4, -0.2) is 15.7 Å². The number of carbonyl (C=O) groups is 1. The van der Waals surface area contributed by atoms with Crippen molar-refractivity contribution in [3.63, 3.8) is 0 Å². The summed E-state index contributed by atoms with van der Waals surface area (Å²) in [5.74, 6) is -1.00. The van der Waals surface area contributed by atoms with Crippen molar-refractivity contribution in [2.45, 2.75) is 33.2 Å². The van der Waals surface area contributed by atoms with E-state index in [1.165, 1.54) is 28.9 Å². The smallest absolute Gasteiger partial charge is 0.267 e. The Hall–Kier alpha value is -2.99. The summed E-state index contributed by atoms with van der Waals surface area (Å²) in [5, 5.41) is 7.05. The summed E-state index contributed by atoms with van der Waals surface area (Å²) in [4.78, 5) is 25.3. The standard InChI is InChI=1S/C22H21ClFN3O2/c1-4-20(22(29)25-15-7-8-18(24)17(23)12-15)27-21(28)10-9-19(26-27)16-11-13(2)5-6-14(16)3/h5-12,20H,4H2,1-3H3,(H,25,29)/t20-/m1/s1. The first-order valence-corrected chi connectivity index (χ1v) is 9.61. The maximum Gasteiger partial charge on any atom is 0.267 e. The van der Waals surface area contributed by atoms with E-state index in [0.717, 1.165) is 16.7 Å². The molecule has 7 heteroatoms. The SMILES string of the molecule is CC[C@H](C(=O)Nc1ccc(F)c(Cl)c1)n1nc(-c2cc(C)ccc2C)ccc1=O. The van der Waals surface area contributed by atoms with E-state index < -0.39 is 17.8 Å². The van der Waals surface area contributed by atoms with Gasteiger partial charge >= 0.3 is 0 Å². The van der Waals surface area contributed by atoms with Gasteiger partial charge in [-0.1, -0.05) is 36.2 Å². The van der Waals surface area contributed by atoms with Crippen LogP contribution in [0.15, 0.2) is 53.3 Å². The maximum absolute atomic E-state index is 13.3. The molecule has 1 N–H and O–H groups in total. The quantitative estimate of drug-likeness (QED) is 0.646. The van der Waals surface area contributed by atoms with E-state index in [2.05, 4.69) is 10.4 Å². The summed E-state index contributed by atoms with van der Waals surface area (Å²) < 4.78 is 14.5. The van der Waals surface area contributed by atoms with E-state index in [0.29, 0.717) is 17.8 Å². The summed E-state index contributed by atoms with van der Waals surface area (Å²) in [7, 11) is 0. The van der Waals surface area contributed by atoms with Crippen LogP contribution in [0.2, 0.25) is 5.02 Å². The molecule has 0 aliphatic rings. The Labute approximate surface area is 173 Å². The number of nitrogens with one attached hydrogen (secondary N) is 1. The molecule has 1 aromatic heterocycles. The number of aromatic nitrogens is 2. The zero-order chi connectivity index (χ0) is 21.1. The van der Waals surface area contributed by atoms with Crippen molar-refractivity contribution < 1.29 is 9.18 Å². The fourth-order valence-electron chi connectivity index (χ4n) is 3.07. The molecule has 0 aliphatic carbocycles. The van der Waals surface area contributed by atoms with Gasteiger partial charge in [-0.25, -0.2) is 9.07 Å². The van der Waals surface area contributed by atoms with Gasteiger partial charge in [0.2, 0.25) is 5.91 Å². The Balaban J connectivity index is 1.96. The highest BCUT2D eigenvalue weighted by Crippen LogP contribution is 2.24. The van der Waals surface area contributed by atoms with E-state index in [1.54, 1.807) is 13.0 Å². The molecule has 0 unspecified atom stereocenters. The molecule has 3 aromatic rings. The average Bonchev–Trinajstić information content (AvgIpc) is 2.69. The third-order valence-electron chi connectivity index (χ3n) is 4.67. The molecule has 0 fully saturated rings. The highest BCUT2D eigenvalue weighted by Gasteiger charge is 2.22. The number of aryl methyl sites for hydroxylation is 2. The number of carbonyl (C=O) groups excluding carboxylic acids is 1. The van der Waals surface area contributed by atoms with E-state index >= 15 is 0 Å². The van der Waals surface area contributed by atoms with Crippen LogP contribution in [-0.2, 0) is 4.79 Å². The van der Waals surface area contributed by atoms with Crippen LogP contribution in [0.1, 0.15) is 30.5 Å². The predicted octanol–water partition coefficient (Wildman–Crippen LogP) is 4.91. The van der Waals surface area contributed by atoms with Gasteiger partial charge in [0, 0.05) is 17.3 Å². The third-order valence-corrected chi connectivity index (χ3v) is 4.96. The van der Waals surface area contributed by atoms with E-state index in [-0.39, 0.29) is 10.6 Å². The molecule has 150 valence electrons. The number of hydrogen-bond donors (Lipinski definition) is 1. The van der Waals surface area contributed by atoms with Crippen LogP contribution in [0.4, 0.5) is 10.1 Å². The molecular weight excluding hydrogens is 393 g/mol. The second kappa shape index (κ2) is 8.57. The highest BCUT2D eigenvalue weighted by molar-refractivity contribution is 6.31. The van der Waals surface area contributed by atoms with Gasteiger partial charge in [0.15, 0.2) is 0 Å². The Kier molecular flexibility index (Phi) is 6.13. The van der Waals surface area contributed by atoms with Crippen molar-refractivity contribution in [1.29, 1.82) is 0 Å². The number of anilines is 1. The largest absolute Gasteiger partial charge is 0.324 e. The molecule has 3 rings (SSSR count). The molecule has 0 spiro atoms. The first kappa shape index (κ1) is 20.7. The van der Waals surface area contributed by atoms with E-state index in [1.807, 2.05) is 32.0 Å². The molecule has 0 aliphatic heterocycles. The van der Waals surface area contributed by atoms with E-state index in [9.17, 15) is 14.0 Å². The second-order valence-electron chi connectivity index (χ2n) is 6.86. The van der Waals surface area contributed by atoms with E-state index in [4.69, 9.17) is 11.6 Å². The summed E-state index contributed by atoms with van der Waals surface area (Å²) in [6.07, 6.45) is 0.351. The van der Waals surface area contributed by atoms with Crippen LogP contribution < -0.4 is 10.9 Å². The van der Waals surface area contributed by atoms with Crippen molar-refractivity contribution in [2.24, 2.45) is 0 Å². The minimum absolute atomic E-state index is 0.0944. The molecular formula is C22H21ClFN3O2. The first-order chi connectivity index (χ1) is 13.8. The lowest BCUT2D eigenvalue weighted by Gasteiger charge is -2.18. The monoisotopic (exact) mass is 413 g/mol. The molecule has 1 heterocycles. The number of nitrogens with zero attached hydrogens (tertiary/aromatic N) is 2. The molecule has 1 amide bonds. The van der Waals surface area contributed by atoms with Gasteiger partial charge in [-0.3, -0.25) is 9.59 Å². The van der Waals surface area contributed by atoms with Gasteiger partial charge < -0.3 is 5.32 Å². The maximum atomic E-state index is 13.3. The number of halogens is 2. The predicted molar refractivity (Wildman–Crippen MR) is 113 cm³/mol. The summed E-state index contributed by atoms with van der Waals surface area (Å²) in [6.45, 7) is 5.74. The average molecular weight is 414 g/mol. The number of hydrogen-bond acceptors (Lipinski definition) is 3. The lowest BCUT2D eigenvalue weighted by Crippen LogP contribution is -2.34. The summed E-state index contributed by atoms with van der Waals surface area (Å²) in [5.41, 5.74) is 3.58. The number of amides is 1. The van der Waals surface area contributed by atoms with Crippen molar-refractivity contribution in [3.8, 4) is 11.3 Å². The first-order valence-electron chi connectivity index (χ1n) is 9.23. The number of rotatable bonds is 5. The molecule has 0 bridgehead atoms. The number of benzene rings is 2. The van der Waals surface area contributed by atoms with Crippen molar-refractivity contribution in [3.05, 3.63) is 80.9 Å². The Morgan fingerprint density at radius 1 is 1.17 bits per heavy atom. The normalized spacial score (nSPS) is 11.9. The van der Waals surface area contributed by atoms with Gasteiger partial charge in [0.1, 0.15) is 11.9 Å². The minimum Gasteiger partial charge on any atom is -0.324 e. The lowest BCUT2D eigenvalue weighted by molar-refractivity contribution is -0.119. The highest BCUT2D eigenvalue weighted by atomic mass is 35.5. The molecule has 0 radical (unpaired) electrons. The zero-order valence-electron chi connectivity index (χ0n) is 16.4. The van der Waals surface area contributed by atoms with Gasteiger partial charge in [-0.15, -0.1) is 0 Å². The van der Waals surface area contributed by atoms with Crippen molar-refractivity contribution >= 4 is 23.2 Å². The molecule has 2 aromatic carbocycles. The van der Waals surface area contributed by atoms with Crippen LogP contribution in [0.3, 0.4) is 0 Å². The zero-order valence-corrected chi connectivity index (χ0v) is 17.1. The molecule has 29 heavy (non-hydrogen) atoms. The fourth-order valence-corrected chi connectivity index (χ4v) is 3.25. The van der Waals surface area contributed by atoms with Gasteiger partial charge in [0.05, 0.1) is 10.7 Å². The topological polar surface area (TPSA) is 64.0 Å². The molecule has 0 saturated heterocycles. The van der Waals surface area contributed by atoms with Crippen LogP contribution in [0, 0.1) is 19.7 Å². The van der Waals surface area contributed by atoms with Crippen LogP contribution in [0.5, 0.6) is 0 Å². The lowest BCUT2D eigenvalue weighted by atomic mass is 10.0. The van der Waals surface area contributed by atoms with Crippen LogP contribution >= 0.6 is 11.6 Å². The second-order valence-corrected chi connectivity index (χ2v) is 7.27. The van der Waals surface area contributed by atoms with Crippen molar-refractivity contribution in [1.82, 2.24) is 9.78 Å². The third kappa shape index (κ3) is 4.54. The fraction of sp³-hybridized carbons (Fsp3) is 0.227. The minimum atomic E-state index is -0.823. The van der Waals surface area contributed by atoms with Gasteiger partial charge in [0.25, 0.3) is 5.56 Å². The van der Waals surface area contributed by atoms with Crippen LogP contribution in [0.25, 0.3) is 11.3 Å². The Morgan fingerprint density at radius 3 is 2.62 bits per heavy atom. The Morgan fingerprint density at radius 2 is 1.93 bits per heavy atom. The molecule has 1 atom stereocenters. The Bertz CT molecular complexity index is 1130. The summed E-state index contributed by atoms with van der Waals surface area (Å²) in [6, 6.07) is 12.1. The van der Waals surface area contributed by atoms with Crippen molar-refractivity contribution in [2.75, 3.05) is 5.32 Å². The molecule has 5 nitrogen and oxygen atoms in total. The summed E-state index contributed by atoms with van der Waals surface area (Å²) >= 11 is 5.78.